The summed E-state index contributed by atoms with van der Waals surface area (Å²) in [5, 5.41) is 11.3. The van der Waals surface area contributed by atoms with Crippen LogP contribution >= 0.6 is 0 Å². The molecule has 0 unspecified atom stereocenters. The maximum absolute atomic E-state index is 11.7. The molecule has 5 nitrogen and oxygen atoms in total. The summed E-state index contributed by atoms with van der Waals surface area (Å²) < 4.78 is 28.1. The molecule has 1 amide bonds. The Kier molecular flexibility index (Phi) is 5.87. The summed E-state index contributed by atoms with van der Waals surface area (Å²) in [5.74, 6) is -1.79. The fourth-order valence-electron chi connectivity index (χ4n) is 1.37. The molecule has 1 rings (SSSR count). The Labute approximate surface area is 108 Å². The van der Waals surface area contributed by atoms with E-state index < -0.39 is 24.9 Å². The lowest BCUT2D eigenvalue weighted by molar-refractivity contribution is 0.0188. The van der Waals surface area contributed by atoms with E-state index in [-0.39, 0.29) is 24.3 Å². The molecule has 1 aromatic carbocycles. The van der Waals surface area contributed by atoms with Gasteiger partial charge in [-0.1, -0.05) is 12.1 Å². The number of ether oxygens (including phenoxy) is 1. The molecule has 0 heterocycles. The Hall–Kier alpha value is -2.02. The summed E-state index contributed by atoms with van der Waals surface area (Å²) >= 11 is 0. The van der Waals surface area contributed by atoms with Crippen molar-refractivity contribution in [3.8, 4) is 0 Å². The molecule has 2 N–H and O–H groups in total. The van der Waals surface area contributed by atoms with Crippen molar-refractivity contribution < 1.29 is 28.2 Å². The molecule has 0 aromatic heterocycles. The minimum Gasteiger partial charge on any atom is -0.478 e. The Balaban J connectivity index is 2.48. The van der Waals surface area contributed by atoms with Gasteiger partial charge in [-0.2, -0.15) is 0 Å². The number of benzene rings is 1. The Morgan fingerprint density at radius 2 is 1.89 bits per heavy atom. The first-order chi connectivity index (χ1) is 9.02. The number of amides is 1. The normalized spacial score (nSPS) is 10.5. The zero-order valence-electron chi connectivity index (χ0n) is 9.94. The molecule has 0 saturated heterocycles. The van der Waals surface area contributed by atoms with E-state index in [1.54, 1.807) is 0 Å². The average Bonchev–Trinajstić information content (AvgIpc) is 2.37. The molecule has 0 atom stereocenters. The summed E-state index contributed by atoms with van der Waals surface area (Å²) in [6.07, 6.45) is -2.55. The second-order valence-electron chi connectivity index (χ2n) is 3.57. The first kappa shape index (κ1) is 15.0. The van der Waals surface area contributed by atoms with Gasteiger partial charge in [0.2, 0.25) is 0 Å². The standard InChI is InChI=1S/C12H13F2NO4/c13-10(14)7-19-6-5-15-11(16)8-3-1-2-4-9(8)12(17)18/h1-4,10H,5-7H2,(H,15,16)(H,17,18). The quantitative estimate of drug-likeness (QED) is 0.736. The number of alkyl halides is 2. The van der Waals surface area contributed by atoms with Gasteiger partial charge in [0.05, 0.1) is 17.7 Å². The number of carboxylic acids is 1. The lowest BCUT2D eigenvalue weighted by Crippen LogP contribution is -2.29. The van der Waals surface area contributed by atoms with E-state index in [4.69, 9.17) is 5.11 Å². The Morgan fingerprint density at radius 3 is 2.47 bits per heavy atom. The number of aromatic carboxylic acids is 1. The van der Waals surface area contributed by atoms with Crippen LogP contribution in [0.15, 0.2) is 24.3 Å². The van der Waals surface area contributed by atoms with Crippen LogP contribution in [0.4, 0.5) is 8.78 Å². The fourth-order valence-corrected chi connectivity index (χ4v) is 1.37. The second-order valence-corrected chi connectivity index (χ2v) is 3.57. The van der Waals surface area contributed by atoms with Gasteiger partial charge >= 0.3 is 5.97 Å². The topological polar surface area (TPSA) is 75.6 Å². The fraction of sp³-hybridized carbons (Fsp3) is 0.333. The average molecular weight is 273 g/mol. The van der Waals surface area contributed by atoms with E-state index in [0.29, 0.717) is 0 Å². The van der Waals surface area contributed by atoms with E-state index in [9.17, 15) is 18.4 Å². The molecule has 0 fully saturated rings. The maximum atomic E-state index is 11.7. The summed E-state index contributed by atoms with van der Waals surface area (Å²) in [7, 11) is 0. The van der Waals surface area contributed by atoms with Gasteiger partial charge in [-0.25, -0.2) is 13.6 Å². The molecule has 0 radical (unpaired) electrons. The van der Waals surface area contributed by atoms with Crippen molar-refractivity contribution in [2.24, 2.45) is 0 Å². The molecule has 104 valence electrons. The molecule has 1 aromatic rings. The molecule has 0 aliphatic heterocycles. The third-order valence-electron chi connectivity index (χ3n) is 2.18. The highest BCUT2D eigenvalue weighted by Crippen LogP contribution is 2.08. The van der Waals surface area contributed by atoms with Crippen LogP contribution in [0.5, 0.6) is 0 Å². The highest BCUT2D eigenvalue weighted by molar-refractivity contribution is 6.04. The van der Waals surface area contributed by atoms with E-state index >= 15 is 0 Å². The second kappa shape index (κ2) is 7.42. The lowest BCUT2D eigenvalue weighted by Gasteiger charge is -2.08. The van der Waals surface area contributed by atoms with Gasteiger partial charge in [0, 0.05) is 6.54 Å². The first-order valence-electron chi connectivity index (χ1n) is 5.48. The predicted molar refractivity (Wildman–Crippen MR) is 62.6 cm³/mol. The van der Waals surface area contributed by atoms with Crippen LogP contribution in [0.3, 0.4) is 0 Å². The first-order valence-corrected chi connectivity index (χ1v) is 5.48. The molecular formula is C12H13F2NO4. The zero-order chi connectivity index (χ0) is 14.3. The van der Waals surface area contributed by atoms with E-state index in [2.05, 4.69) is 10.1 Å². The van der Waals surface area contributed by atoms with Crippen LogP contribution in [0.2, 0.25) is 0 Å². The smallest absolute Gasteiger partial charge is 0.336 e. The highest BCUT2D eigenvalue weighted by atomic mass is 19.3. The molecule has 0 bridgehead atoms. The minimum atomic E-state index is -2.55. The van der Waals surface area contributed by atoms with Crippen molar-refractivity contribution in [3.63, 3.8) is 0 Å². The number of halogens is 2. The molecule has 19 heavy (non-hydrogen) atoms. The van der Waals surface area contributed by atoms with Crippen molar-refractivity contribution in [3.05, 3.63) is 35.4 Å². The number of carboxylic acid groups (broad SMARTS) is 1. The van der Waals surface area contributed by atoms with Crippen molar-refractivity contribution in [2.45, 2.75) is 6.43 Å². The summed E-state index contributed by atoms with van der Waals surface area (Å²) in [6, 6.07) is 5.73. The summed E-state index contributed by atoms with van der Waals surface area (Å²) in [4.78, 5) is 22.6. The number of nitrogens with one attached hydrogen (secondary N) is 1. The van der Waals surface area contributed by atoms with Crippen LogP contribution in [-0.4, -0.2) is 43.2 Å². The van der Waals surface area contributed by atoms with Crippen molar-refractivity contribution in [2.75, 3.05) is 19.8 Å². The van der Waals surface area contributed by atoms with Crippen LogP contribution in [0.1, 0.15) is 20.7 Å². The highest BCUT2D eigenvalue weighted by Gasteiger charge is 2.15. The monoisotopic (exact) mass is 273 g/mol. The number of hydrogen-bond acceptors (Lipinski definition) is 3. The number of hydrogen-bond donors (Lipinski definition) is 2. The molecule has 0 saturated carbocycles. The van der Waals surface area contributed by atoms with Crippen LogP contribution in [0.25, 0.3) is 0 Å². The third-order valence-corrected chi connectivity index (χ3v) is 2.18. The van der Waals surface area contributed by atoms with Crippen molar-refractivity contribution >= 4 is 11.9 Å². The molecular weight excluding hydrogens is 260 g/mol. The Bertz CT molecular complexity index is 451. The van der Waals surface area contributed by atoms with Gasteiger partial charge in [-0.3, -0.25) is 4.79 Å². The zero-order valence-corrected chi connectivity index (χ0v) is 9.94. The van der Waals surface area contributed by atoms with E-state index in [1.807, 2.05) is 0 Å². The van der Waals surface area contributed by atoms with Crippen LogP contribution < -0.4 is 5.32 Å². The van der Waals surface area contributed by atoms with Crippen LogP contribution in [-0.2, 0) is 4.74 Å². The minimum absolute atomic E-state index is 0.0175. The van der Waals surface area contributed by atoms with Gasteiger partial charge in [0.25, 0.3) is 12.3 Å². The number of carbonyl (C=O) groups is 2. The molecule has 0 aliphatic rings. The maximum Gasteiger partial charge on any atom is 0.336 e. The van der Waals surface area contributed by atoms with E-state index in [1.165, 1.54) is 24.3 Å². The van der Waals surface area contributed by atoms with Gasteiger partial charge in [0.1, 0.15) is 6.61 Å². The van der Waals surface area contributed by atoms with Gasteiger partial charge in [-0.15, -0.1) is 0 Å². The summed E-state index contributed by atoms with van der Waals surface area (Å²) in [5.41, 5.74) is -0.0997. The van der Waals surface area contributed by atoms with Crippen LogP contribution in [0, 0.1) is 0 Å². The van der Waals surface area contributed by atoms with E-state index in [0.717, 1.165) is 0 Å². The molecule has 7 heteroatoms. The largest absolute Gasteiger partial charge is 0.478 e. The SMILES string of the molecule is O=C(O)c1ccccc1C(=O)NCCOCC(F)F. The van der Waals surface area contributed by atoms with Gasteiger partial charge < -0.3 is 15.2 Å². The Morgan fingerprint density at radius 1 is 1.26 bits per heavy atom. The number of rotatable bonds is 7. The lowest BCUT2D eigenvalue weighted by atomic mass is 10.1. The molecule has 0 spiro atoms. The predicted octanol–water partition coefficient (Wildman–Crippen LogP) is 1.40. The van der Waals surface area contributed by atoms with Crippen molar-refractivity contribution in [1.82, 2.24) is 5.32 Å². The molecule has 0 aliphatic carbocycles. The van der Waals surface area contributed by atoms with Gasteiger partial charge in [0.15, 0.2) is 0 Å². The summed E-state index contributed by atoms with van der Waals surface area (Å²) in [6.45, 7) is -0.730. The number of carbonyl (C=O) groups excluding carboxylic acids is 1. The third kappa shape index (κ3) is 5.01. The van der Waals surface area contributed by atoms with Gasteiger partial charge in [-0.05, 0) is 12.1 Å². The van der Waals surface area contributed by atoms with Crippen molar-refractivity contribution in [1.29, 1.82) is 0 Å².